The van der Waals surface area contributed by atoms with Gasteiger partial charge in [0.05, 0.1) is 12.1 Å². The number of nitrogens with one attached hydrogen (secondary N) is 1. The van der Waals surface area contributed by atoms with E-state index in [1.807, 2.05) is 34.6 Å². The number of phenolic OH excluding ortho intramolecular Hbond substituents is 1. The molecule has 1 fully saturated rings. The fourth-order valence-corrected chi connectivity index (χ4v) is 7.95. The summed E-state index contributed by atoms with van der Waals surface area (Å²) in [5, 5.41) is 12.9. The Balaban J connectivity index is 2.33. The highest BCUT2D eigenvalue weighted by molar-refractivity contribution is 5.96. The van der Waals surface area contributed by atoms with Crippen LogP contribution in [0, 0.1) is 29.1 Å². The zero-order valence-electron chi connectivity index (χ0n) is 36.7. The van der Waals surface area contributed by atoms with Crippen LogP contribution in [0.4, 0.5) is 0 Å². The fourth-order valence-electron chi connectivity index (χ4n) is 7.95. The lowest BCUT2D eigenvalue weighted by Crippen LogP contribution is -2.52. The van der Waals surface area contributed by atoms with Gasteiger partial charge in [-0.1, -0.05) is 60.6 Å². The van der Waals surface area contributed by atoms with Crippen LogP contribution in [-0.4, -0.2) is 101 Å². The second kappa shape index (κ2) is 24.7. The lowest BCUT2D eigenvalue weighted by molar-refractivity contribution is -0.143. The van der Waals surface area contributed by atoms with Gasteiger partial charge in [0, 0.05) is 56.5 Å². The minimum absolute atomic E-state index is 0.00236. The number of amides is 2. The minimum Gasteiger partial charge on any atom is -0.508 e. The first-order valence-electron chi connectivity index (χ1n) is 21.5. The zero-order chi connectivity index (χ0) is 43.6. The molecule has 13 nitrogen and oxygen atoms in total. The number of hydrogen-bond acceptors (Lipinski definition) is 9. The molecule has 0 bridgehead atoms. The fraction of sp³-hybridized carbons (Fsp3) is 0.711. The van der Waals surface area contributed by atoms with Gasteiger partial charge in [-0.05, 0) is 107 Å². The molecule has 0 unspecified atom stereocenters. The van der Waals surface area contributed by atoms with Crippen molar-refractivity contribution in [2.75, 3.05) is 32.7 Å². The summed E-state index contributed by atoms with van der Waals surface area (Å²) in [5.41, 5.74) is 11.1. The average Bonchev–Trinajstić information content (AvgIpc) is 3.64. The molecule has 1 heterocycles. The van der Waals surface area contributed by atoms with Gasteiger partial charge in [-0.2, -0.15) is 0 Å². The van der Waals surface area contributed by atoms with E-state index >= 15 is 0 Å². The van der Waals surface area contributed by atoms with Gasteiger partial charge in [-0.15, -0.1) is 0 Å². The van der Waals surface area contributed by atoms with Gasteiger partial charge in [0.1, 0.15) is 17.3 Å². The number of phenols is 1. The number of hydrogen-bond donors (Lipinski definition) is 4. The van der Waals surface area contributed by atoms with E-state index in [4.69, 9.17) is 11.5 Å². The van der Waals surface area contributed by atoms with Gasteiger partial charge in [0.15, 0.2) is 17.5 Å². The van der Waals surface area contributed by atoms with E-state index in [1.165, 1.54) is 19.1 Å². The number of rotatable bonds is 27. The molecule has 0 aromatic heterocycles. The van der Waals surface area contributed by atoms with Crippen LogP contribution < -0.4 is 16.8 Å². The number of carbonyl (C=O) groups excluding carboxylic acids is 6. The molecule has 2 rings (SSSR count). The number of aliphatic imine (C=N–C) groups is 1. The molecule has 13 heteroatoms. The Hall–Kier alpha value is -4.13. The van der Waals surface area contributed by atoms with Crippen LogP contribution in [0.3, 0.4) is 0 Å². The summed E-state index contributed by atoms with van der Waals surface area (Å²) in [4.78, 5) is 90.3. The highest BCUT2D eigenvalue weighted by Gasteiger charge is 2.40. The third-order valence-corrected chi connectivity index (χ3v) is 11.3. The van der Waals surface area contributed by atoms with E-state index < -0.39 is 41.2 Å². The molecule has 1 aromatic rings. The van der Waals surface area contributed by atoms with E-state index in [2.05, 4.69) is 29.1 Å². The van der Waals surface area contributed by atoms with Gasteiger partial charge in [-0.25, -0.2) is 0 Å². The molecule has 1 aromatic carbocycles. The summed E-state index contributed by atoms with van der Waals surface area (Å²) in [6.07, 6.45) is 4.51. The first-order valence-corrected chi connectivity index (χ1v) is 21.5. The molecule has 1 aliphatic heterocycles. The number of guanidine groups is 1. The summed E-state index contributed by atoms with van der Waals surface area (Å²) >= 11 is 0. The van der Waals surface area contributed by atoms with Crippen molar-refractivity contribution in [2.45, 2.75) is 145 Å². The standard InChI is InChI=1S/C45H74N6O7/c1-9-50(10-2)23-12-11-16-37(54)27-33(15-13-22-48-44(46)47)43(58)51-24-14-17-38(51)39(55)29-35(26-32-18-20-36(53)21-19-32)42(57)49-41(45(6,7)8)40(56)28-34(31(5)52)25-30(3)4/h18-21,30,33-35,38,41,53H,9-17,22-29H2,1-8H3,(H,49,57)(H4,46,47,48)/t33-,34-,35-,38+,41-/m1/s1. The molecule has 0 aliphatic carbocycles. The molecule has 5 atom stereocenters. The average molecular weight is 811 g/mol. The Morgan fingerprint density at radius 3 is 2.16 bits per heavy atom. The van der Waals surface area contributed by atoms with Crippen LogP contribution in [0.1, 0.15) is 132 Å². The number of Topliss-reactive ketones (excluding diaryl/α,β-unsaturated/α-hetero) is 4. The zero-order valence-corrected chi connectivity index (χ0v) is 36.7. The lowest BCUT2D eigenvalue weighted by Gasteiger charge is -2.33. The summed E-state index contributed by atoms with van der Waals surface area (Å²) in [6, 6.07) is 4.73. The van der Waals surface area contributed by atoms with Crippen molar-refractivity contribution in [1.82, 2.24) is 15.1 Å². The number of nitrogens with two attached hydrogens (primary N) is 2. The molecule has 1 saturated heterocycles. The molecule has 326 valence electrons. The van der Waals surface area contributed by atoms with Crippen molar-refractivity contribution in [2.24, 2.45) is 45.5 Å². The predicted molar refractivity (Wildman–Crippen MR) is 229 cm³/mol. The predicted octanol–water partition coefficient (Wildman–Crippen LogP) is 5.38. The molecule has 6 N–H and O–H groups in total. The molecule has 1 aliphatic rings. The van der Waals surface area contributed by atoms with Crippen molar-refractivity contribution in [3.63, 3.8) is 0 Å². The summed E-state index contributed by atoms with van der Waals surface area (Å²) < 4.78 is 0. The SMILES string of the molecule is CCN(CC)CCCCC(=O)C[C@@H](CCCN=C(N)N)C(=O)N1CCC[C@H]1C(=O)C[C@@H](Cc1ccc(O)cc1)C(=O)N[C@H](C(=O)C[C@@H](CC(C)C)C(C)=O)C(C)(C)C. The quantitative estimate of drug-likeness (QED) is 0.0507. The Labute approximate surface area is 347 Å². The van der Waals surface area contributed by atoms with E-state index in [0.29, 0.717) is 57.2 Å². The number of aromatic hydroxyl groups is 1. The van der Waals surface area contributed by atoms with Crippen LogP contribution in [0.2, 0.25) is 0 Å². The maximum Gasteiger partial charge on any atom is 0.226 e. The minimum atomic E-state index is -0.912. The second-order valence-corrected chi connectivity index (χ2v) is 17.7. The maximum absolute atomic E-state index is 14.3. The van der Waals surface area contributed by atoms with Gasteiger partial charge in [0.2, 0.25) is 11.8 Å². The number of carbonyl (C=O) groups is 6. The van der Waals surface area contributed by atoms with Crippen molar-refractivity contribution in [3.05, 3.63) is 29.8 Å². The monoisotopic (exact) mass is 811 g/mol. The number of nitrogens with zero attached hydrogens (tertiary/aromatic N) is 3. The number of likely N-dealkylation sites (tertiary alicyclic amines) is 1. The Bertz CT molecular complexity index is 1530. The highest BCUT2D eigenvalue weighted by Crippen LogP contribution is 2.29. The molecular weight excluding hydrogens is 737 g/mol. The largest absolute Gasteiger partial charge is 0.508 e. The third-order valence-electron chi connectivity index (χ3n) is 11.3. The van der Waals surface area contributed by atoms with E-state index in [9.17, 15) is 33.9 Å². The highest BCUT2D eigenvalue weighted by atomic mass is 16.3. The van der Waals surface area contributed by atoms with Crippen LogP contribution in [0.15, 0.2) is 29.3 Å². The molecular formula is C45H74N6O7. The van der Waals surface area contributed by atoms with Crippen molar-refractivity contribution in [3.8, 4) is 5.75 Å². The van der Waals surface area contributed by atoms with Gasteiger partial charge in [0.25, 0.3) is 0 Å². The summed E-state index contributed by atoms with van der Waals surface area (Å²) in [5.74, 6) is -3.06. The van der Waals surface area contributed by atoms with Crippen molar-refractivity contribution >= 4 is 40.9 Å². The van der Waals surface area contributed by atoms with Crippen LogP contribution in [-0.2, 0) is 35.2 Å². The Morgan fingerprint density at radius 2 is 1.59 bits per heavy atom. The smallest absolute Gasteiger partial charge is 0.226 e. The topological polar surface area (TPSA) is 206 Å². The molecule has 0 radical (unpaired) electrons. The van der Waals surface area contributed by atoms with E-state index in [1.54, 1.807) is 17.0 Å². The molecule has 2 amide bonds. The normalized spacial score (nSPS) is 16.4. The molecule has 0 spiro atoms. The Kier molecular flexibility index (Phi) is 21.3. The summed E-state index contributed by atoms with van der Waals surface area (Å²) in [6.45, 7) is 18.8. The number of benzene rings is 1. The van der Waals surface area contributed by atoms with Crippen LogP contribution in [0.25, 0.3) is 0 Å². The molecule has 58 heavy (non-hydrogen) atoms. The maximum atomic E-state index is 14.3. The first-order chi connectivity index (χ1) is 27.3. The van der Waals surface area contributed by atoms with E-state index in [0.717, 1.165) is 32.5 Å². The summed E-state index contributed by atoms with van der Waals surface area (Å²) in [7, 11) is 0. The molecule has 0 saturated carbocycles. The van der Waals surface area contributed by atoms with Crippen molar-refractivity contribution in [1.29, 1.82) is 0 Å². The van der Waals surface area contributed by atoms with E-state index in [-0.39, 0.29) is 72.4 Å². The Morgan fingerprint density at radius 1 is 0.931 bits per heavy atom. The number of unbranched alkanes of at least 4 members (excludes halogenated alkanes) is 1. The van der Waals surface area contributed by atoms with Gasteiger partial charge < -0.3 is 31.7 Å². The second-order valence-electron chi connectivity index (χ2n) is 17.7. The van der Waals surface area contributed by atoms with Gasteiger partial charge >= 0.3 is 0 Å². The van der Waals surface area contributed by atoms with Crippen molar-refractivity contribution < 1.29 is 33.9 Å². The third kappa shape index (κ3) is 17.4. The van der Waals surface area contributed by atoms with Crippen LogP contribution >= 0.6 is 0 Å². The number of ketones is 4. The van der Waals surface area contributed by atoms with Crippen LogP contribution in [0.5, 0.6) is 5.75 Å². The lowest BCUT2D eigenvalue weighted by atomic mass is 9.79. The van der Waals surface area contributed by atoms with Gasteiger partial charge in [-0.3, -0.25) is 33.8 Å². The first kappa shape index (κ1) is 50.0.